The van der Waals surface area contributed by atoms with E-state index in [1.165, 1.54) is 0 Å². The largest absolute Gasteiger partial charge is 0.480 e. The number of amides is 1. The number of ether oxygens (including phenoxy) is 4. The van der Waals surface area contributed by atoms with Crippen molar-refractivity contribution in [3.63, 3.8) is 0 Å². The highest BCUT2D eigenvalue weighted by Crippen LogP contribution is 2.15. The van der Waals surface area contributed by atoms with Gasteiger partial charge < -0.3 is 29.4 Å². The van der Waals surface area contributed by atoms with E-state index in [4.69, 9.17) is 24.1 Å². The second-order valence-electron chi connectivity index (χ2n) is 5.60. The smallest absolute Gasteiger partial charge is 0.407 e. The highest BCUT2D eigenvalue weighted by Gasteiger charge is 2.14. The molecular formula is C17H29NO7. The van der Waals surface area contributed by atoms with E-state index in [1.54, 1.807) is 0 Å². The Kier molecular flexibility index (Phi) is 12.6. The standard InChI is InChI=1S/C17H29NO7/c19-16(20)14-24-13-12-23-11-10-22-9-8-18-17(21)25-15-6-4-2-1-3-5-7-15/h1-2,15H,3-14H2,(H,18,21)(H,19,20)/b2-1+. The summed E-state index contributed by atoms with van der Waals surface area (Å²) in [5.41, 5.74) is 0. The molecule has 0 radical (unpaired) electrons. The van der Waals surface area contributed by atoms with Crippen molar-refractivity contribution in [3.8, 4) is 0 Å². The summed E-state index contributed by atoms with van der Waals surface area (Å²) in [6.45, 7) is 1.77. The molecule has 0 spiro atoms. The van der Waals surface area contributed by atoms with Crippen molar-refractivity contribution in [2.75, 3.05) is 46.2 Å². The summed E-state index contributed by atoms with van der Waals surface area (Å²) in [6, 6.07) is 0. The first-order valence-electron chi connectivity index (χ1n) is 8.73. The quantitative estimate of drug-likeness (QED) is 0.404. The highest BCUT2D eigenvalue weighted by atomic mass is 16.6. The monoisotopic (exact) mass is 359 g/mol. The molecule has 2 N–H and O–H groups in total. The van der Waals surface area contributed by atoms with E-state index in [1.807, 2.05) is 0 Å². The number of nitrogens with one attached hydrogen (secondary N) is 1. The van der Waals surface area contributed by atoms with Gasteiger partial charge in [0, 0.05) is 6.54 Å². The van der Waals surface area contributed by atoms with Crippen molar-refractivity contribution in [2.24, 2.45) is 0 Å². The maximum absolute atomic E-state index is 11.7. The zero-order chi connectivity index (χ0) is 18.2. The van der Waals surface area contributed by atoms with Crippen LogP contribution in [0.5, 0.6) is 0 Å². The van der Waals surface area contributed by atoms with Gasteiger partial charge in [0.2, 0.25) is 0 Å². The topological polar surface area (TPSA) is 103 Å². The molecule has 0 saturated carbocycles. The molecular weight excluding hydrogens is 330 g/mol. The number of carboxylic acid groups (broad SMARTS) is 1. The second-order valence-corrected chi connectivity index (χ2v) is 5.60. The van der Waals surface area contributed by atoms with Gasteiger partial charge >= 0.3 is 12.1 Å². The van der Waals surface area contributed by atoms with E-state index in [0.717, 1.165) is 32.1 Å². The fourth-order valence-corrected chi connectivity index (χ4v) is 2.26. The van der Waals surface area contributed by atoms with Crippen LogP contribution in [0.3, 0.4) is 0 Å². The summed E-state index contributed by atoms with van der Waals surface area (Å²) in [7, 11) is 0. The molecule has 1 rings (SSSR count). The third kappa shape index (κ3) is 13.3. The Labute approximate surface area is 148 Å². The summed E-state index contributed by atoms with van der Waals surface area (Å²) in [5.74, 6) is -0.999. The minimum absolute atomic E-state index is 0.0115. The van der Waals surface area contributed by atoms with Crippen molar-refractivity contribution in [1.29, 1.82) is 0 Å². The summed E-state index contributed by atoms with van der Waals surface area (Å²) in [4.78, 5) is 21.9. The molecule has 0 heterocycles. The molecule has 0 aliphatic heterocycles. The second kappa shape index (κ2) is 14.7. The lowest BCUT2D eigenvalue weighted by atomic mass is 10.0. The predicted molar refractivity (Wildman–Crippen MR) is 90.6 cm³/mol. The van der Waals surface area contributed by atoms with Crippen LogP contribution in [0.4, 0.5) is 4.79 Å². The first-order valence-corrected chi connectivity index (χ1v) is 8.73. The first-order chi connectivity index (χ1) is 12.2. The van der Waals surface area contributed by atoms with Crippen LogP contribution < -0.4 is 5.32 Å². The molecule has 1 atom stereocenters. The van der Waals surface area contributed by atoms with Gasteiger partial charge in [0.05, 0.1) is 33.0 Å². The Bertz CT molecular complexity index is 400. The van der Waals surface area contributed by atoms with Gasteiger partial charge in [0.1, 0.15) is 12.7 Å². The van der Waals surface area contributed by atoms with Crippen LogP contribution in [0.15, 0.2) is 12.2 Å². The average molecular weight is 359 g/mol. The third-order valence-corrected chi connectivity index (χ3v) is 3.48. The Balaban J connectivity index is 1.87. The average Bonchev–Trinajstić information content (AvgIpc) is 2.54. The lowest BCUT2D eigenvalue weighted by molar-refractivity contribution is -0.142. The molecule has 144 valence electrons. The zero-order valence-electron chi connectivity index (χ0n) is 14.6. The Hall–Kier alpha value is -1.64. The minimum atomic E-state index is -0.999. The minimum Gasteiger partial charge on any atom is -0.480 e. The van der Waals surface area contributed by atoms with E-state index < -0.39 is 12.1 Å². The van der Waals surface area contributed by atoms with Gasteiger partial charge in [-0.1, -0.05) is 12.2 Å². The van der Waals surface area contributed by atoms with Crippen LogP contribution in [0.1, 0.15) is 32.1 Å². The summed E-state index contributed by atoms with van der Waals surface area (Å²) >= 11 is 0. The molecule has 8 heteroatoms. The van der Waals surface area contributed by atoms with Gasteiger partial charge in [0.25, 0.3) is 0 Å². The van der Waals surface area contributed by atoms with Crippen LogP contribution in [-0.2, 0) is 23.7 Å². The first kappa shape index (κ1) is 21.4. The van der Waals surface area contributed by atoms with Gasteiger partial charge in [-0.15, -0.1) is 0 Å². The maximum Gasteiger partial charge on any atom is 0.407 e. The van der Waals surface area contributed by atoms with Crippen LogP contribution in [0.25, 0.3) is 0 Å². The number of hydrogen-bond acceptors (Lipinski definition) is 6. The zero-order valence-corrected chi connectivity index (χ0v) is 14.6. The Morgan fingerprint density at radius 3 is 2.40 bits per heavy atom. The lowest BCUT2D eigenvalue weighted by Gasteiger charge is -2.18. The van der Waals surface area contributed by atoms with Crippen LogP contribution >= 0.6 is 0 Å². The molecule has 1 amide bonds. The van der Waals surface area contributed by atoms with Gasteiger partial charge in [0.15, 0.2) is 0 Å². The van der Waals surface area contributed by atoms with Gasteiger partial charge in [-0.05, 0) is 32.1 Å². The van der Waals surface area contributed by atoms with Gasteiger partial charge in [-0.3, -0.25) is 0 Å². The van der Waals surface area contributed by atoms with Crippen molar-refractivity contribution in [1.82, 2.24) is 5.32 Å². The highest BCUT2D eigenvalue weighted by molar-refractivity contribution is 5.68. The molecule has 0 saturated heterocycles. The molecule has 1 aliphatic carbocycles. The number of carboxylic acids is 1. The fraction of sp³-hybridized carbons (Fsp3) is 0.765. The molecule has 1 unspecified atom stereocenters. The molecule has 0 aromatic heterocycles. The Morgan fingerprint density at radius 1 is 0.960 bits per heavy atom. The molecule has 1 aliphatic rings. The van der Waals surface area contributed by atoms with Crippen molar-refractivity contribution in [2.45, 2.75) is 38.2 Å². The summed E-state index contributed by atoms with van der Waals surface area (Å²) < 4.78 is 20.7. The Morgan fingerprint density at radius 2 is 1.64 bits per heavy atom. The number of allylic oxidation sites excluding steroid dienone is 2. The van der Waals surface area contributed by atoms with Crippen molar-refractivity contribution in [3.05, 3.63) is 12.2 Å². The molecule has 0 bridgehead atoms. The van der Waals surface area contributed by atoms with E-state index in [0.29, 0.717) is 33.0 Å². The van der Waals surface area contributed by atoms with Gasteiger partial charge in [-0.2, -0.15) is 0 Å². The fourth-order valence-electron chi connectivity index (χ4n) is 2.26. The summed E-state index contributed by atoms with van der Waals surface area (Å²) in [6.07, 6.45) is 8.72. The third-order valence-electron chi connectivity index (χ3n) is 3.48. The molecule has 8 nitrogen and oxygen atoms in total. The van der Waals surface area contributed by atoms with Crippen molar-refractivity contribution < 1.29 is 33.6 Å². The van der Waals surface area contributed by atoms with E-state index in [2.05, 4.69) is 17.5 Å². The normalized spacial score (nSPS) is 18.8. The molecule has 0 aromatic rings. The number of carbonyl (C=O) groups excluding carboxylic acids is 1. The number of hydrogen-bond donors (Lipinski definition) is 2. The van der Waals surface area contributed by atoms with Crippen LogP contribution in [0, 0.1) is 0 Å². The number of carbonyl (C=O) groups is 2. The van der Waals surface area contributed by atoms with E-state index in [9.17, 15) is 9.59 Å². The van der Waals surface area contributed by atoms with Gasteiger partial charge in [-0.25, -0.2) is 9.59 Å². The molecule has 0 fully saturated rings. The number of aliphatic carboxylic acids is 1. The molecule has 0 aromatic carbocycles. The SMILES string of the molecule is O=C(O)COCCOCCOCCNC(=O)OC1CC/C=C/CCC1. The number of rotatable bonds is 12. The van der Waals surface area contributed by atoms with Crippen LogP contribution in [0.2, 0.25) is 0 Å². The van der Waals surface area contributed by atoms with E-state index >= 15 is 0 Å². The number of alkyl carbamates (subject to hydrolysis) is 1. The summed E-state index contributed by atoms with van der Waals surface area (Å²) in [5, 5.41) is 11.0. The lowest BCUT2D eigenvalue weighted by Crippen LogP contribution is -2.31. The van der Waals surface area contributed by atoms with Crippen LogP contribution in [-0.4, -0.2) is 69.5 Å². The predicted octanol–water partition coefficient (Wildman–Crippen LogP) is 1.74. The van der Waals surface area contributed by atoms with E-state index in [-0.39, 0.29) is 19.3 Å². The molecule has 25 heavy (non-hydrogen) atoms. The maximum atomic E-state index is 11.7. The van der Waals surface area contributed by atoms with Crippen molar-refractivity contribution >= 4 is 12.1 Å².